The molecule has 0 aromatic heterocycles. The van der Waals surface area contributed by atoms with Crippen LogP contribution in [0.15, 0.2) is 60.7 Å². The van der Waals surface area contributed by atoms with E-state index in [0.29, 0.717) is 11.5 Å². The molecule has 136 valence electrons. The highest BCUT2D eigenvalue weighted by Gasteiger charge is 2.14. The number of aryl methyl sites for hydroxylation is 2. The van der Waals surface area contributed by atoms with Gasteiger partial charge in [-0.05, 0) is 52.3 Å². The molecule has 0 spiro atoms. The second kappa shape index (κ2) is 6.96. The van der Waals surface area contributed by atoms with E-state index in [2.05, 4.69) is 38.1 Å². The Morgan fingerprint density at radius 2 is 0.926 bits per heavy atom. The van der Waals surface area contributed by atoms with Gasteiger partial charge in [-0.1, -0.05) is 74.5 Å². The second-order valence-corrected chi connectivity index (χ2v) is 7.06. The third kappa shape index (κ3) is 2.91. The third-order valence-electron chi connectivity index (χ3n) is 5.50. The maximum atomic E-state index is 10.6. The van der Waals surface area contributed by atoms with Gasteiger partial charge in [-0.15, -0.1) is 0 Å². The van der Waals surface area contributed by atoms with Crippen molar-refractivity contribution < 1.29 is 10.2 Å². The first-order valence-corrected chi connectivity index (χ1v) is 9.59. The Bertz CT molecular complexity index is 1050. The summed E-state index contributed by atoms with van der Waals surface area (Å²) in [6.45, 7) is 4.14. The third-order valence-corrected chi connectivity index (χ3v) is 5.50. The van der Waals surface area contributed by atoms with Gasteiger partial charge in [0, 0.05) is 10.8 Å². The van der Waals surface area contributed by atoms with Crippen LogP contribution in [0.1, 0.15) is 36.1 Å². The molecule has 2 heteroatoms. The van der Waals surface area contributed by atoms with Crippen LogP contribution in [0.2, 0.25) is 0 Å². The maximum absolute atomic E-state index is 10.6. The van der Waals surface area contributed by atoms with E-state index in [1.54, 1.807) is 0 Å². The van der Waals surface area contributed by atoms with Crippen LogP contribution >= 0.6 is 0 Å². The van der Waals surface area contributed by atoms with Crippen LogP contribution in [0.4, 0.5) is 0 Å². The highest BCUT2D eigenvalue weighted by atomic mass is 16.3. The SMILES string of the molecule is CCc1cc(Cc2cc(CC)c(O)c3ccccc23)c2ccccc2c1O. The molecule has 27 heavy (non-hydrogen) atoms. The molecule has 0 radical (unpaired) electrons. The Balaban J connectivity index is 1.96. The van der Waals surface area contributed by atoms with Gasteiger partial charge >= 0.3 is 0 Å². The first kappa shape index (κ1) is 17.4. The largest absolute Gasteiger partial charge is 0.507 e. The standard InChI is InChI=1S/C25H24O2/c1-3-16-13-18(20-9-5-7-11-22(20)24(16)26)15-19-14-17(4-2)25(27)23-12-8-6-10-21(19)23/h5-14,26-27H,3-4,15H2,1-2H3. The first-order chi connectivity index (χ1) is 13.1. The van der Waals surface area contributed by atoms with Crippen LogP contribution in [0, 0.1) is 0 Å². The van der Waals surface area contributed by atoms with Gasteiger partial charge in [0.05, 0.1) is 0 Å². The smallest absolute Gasteiger partial charge is 0.126 e. The van der Waals surface area contributed by atoms with Gasteiger partial charge in [0.25, 0.3) is 0 Å². The quantitative estimate of drug-likeness (QED) is 0.462. The zero-order valence-corrected chi connectivity index (χ0v) is 15.8. The summed E-state index contributed by atoms with van der Waals surface area (Å²) < 4.78 is 0. The predicted octanol–water partition coefficient (Wildman–Crippen LogP) is 6.12. The van der Waals surface area contributed by atoms with Crippen molar-refractivity contribution in [1.29, 1.82) is 0 Å². The van der Waals surface area contributed by atoms with Crippen LogP contribution in [0.5, 0.6) is 11.5 Å². The molecule has 4 aromatic rings. The number of phenols is 2. The Hall–Kier alpha value is -3.00. The van der Waals surface area contributed by atoms with E-state index < -0.39 is 0 Å². The Labute approximate surface area is 159 Å². The van der Waals surface area contributed by atoms with Crippen molar-refractivity contribution in [2.45, 2.75) is 33.1 Å². The summed E-state index contributed by atoms with van der Waals surface area (Å²) in [5.41, 5.74) is 4.36. The minimum absolute atomic E-state index is 0.390. The zero-order chi connectivity index (χ0) is 19.0. The number of rotatable bonds is 4. The van der Waals surface area contributed by atoms with Crippen LogP contribution in [0.3, 0.4) is 0 Å². The fraction of sp³-hybridized carbons (Fsp3) is 0.200. The van der Waals surface area contributed by atoms with Crippen molar-refractivity contribution in [3.63, 3.8) is 0 Å². The summed E-state index contributed by atoms with van der Waals surface area (Å²) in [4.78, 5) is 0. The van der Waals surface area contributed by atoms with E-state index in [9.17, 15) is 10.2 Å². The molecular formula is C25H24O2. The Morgan fingerprint density at radius 3 is 1.30 bits per heavy atom. The monoisotopic (exact) mass is 356 g/mol. The number of phenolic OH excluding ortho intramolecular Hbond substituents is 2. The molecule has 0 heterocycles. The van der Waals surface area contributed by atoms with E-state index in [1.165, 1.54) is 11.1 Å². The minimum Gasteiger partial charge on any atom is -0.507 e. The zero-order valence-electron chi connectivity index (χ0n) is 15.8. The van der Waals surface area contributed by atoms with Crippen molar-refractivity contribution in [2.24, 2.45) is 0 Å². The average Bonchev–Trinajstić information content (AvgIpc) is 2.72. The van der Waals surface area contributed by atoms with Crippen LogP contribution in [0.25, 0.3) is 21.5 Å². The van der Waals surface area contributed by atoms with Gasteiger partial charge in [0.2, 0.25) is 0 Å². The van der Waals surface area contributed by atoms with E-state index in [1.807, 2.05) is 36.4 Å². The van der Waals surface area contributed by atoms with E-state index in [-0.39, 0.29) is 0 Å². The summed E-state index contributed by atoms with van der Waals surface area (Å²) in [5.74, 6) is 0.781. The van der Waals surface area contributed by atoms with Crippen molar-refractivity contribution in [1.82, 2.24) is 0 Å². The number of aromatic hydroxyl groups is 2. The number of benzene rings is 4. The Morgan fingerprint density at radius 1 is 0.556 bits per heavy atom. The lowest BCUT2D eigenvalue weighted by molar-refractivity contribution is 0.475. The highest BCUT2D eigenvalue weighted by molar-refractivity contribution is 5.95. The van der Waals surface area contributed by atoms with Gasteiger partial charge in [0.15, 0.2) is 0 Å². The molecule has 0 saturated heterocycles. The van der Waals surface area contributed by atoms with E-state index >= 15 is 0 Å². The van der Waals surface area contributed by atoms with Gasteiger partial charge in [-0.3, -0.25) is 0 Å². The van der Waals surface area contributed by atoms with Crippen molar-refractivity contribution in [3.05, 3.63) is 82.9 Å². The average molecular weight is 356 g/mol. The molecule has 0 aliphatic carbocycles. The molecule has 0 unspecified atom stereocenters. The van der Waals surface area contributed by atoms with Gasteiger partial charge in [0.1, 0.15) is 11.5 Å². The topological polar surface area (TPSA) is 40.5 Å². The molecule has 0 amide bonds. The van der Waals surface area contributed by atoms with Crippen molar-refractivity contribution >= 4 is 21.5 Å². The van der Waals surface area contributed by atoms with Gasteiger partial charge in [-0.2, -0.15) is 0 Å². The summed E-state index contributed by atoms with van der Waals surface area (Å²) in [6, 6.07) is 20.4. The fourth-order valence-electron chi connectivity index (χ4n) is 4.03. The summed E-state index contributed by atoms with van der Waals surface area (Å²) in [7, 11) is 0. The molecular weight excluding hydrogens is 332 g/mol. The lowest BCUT2D eigenvalue weighted by Gasteiger charge is -2.15. The Kier molecular flexibility index (Phi) is 4.49. The van der Waals surface area contributed by atoms with Gasteiger partial charge < -0.3 is 10.2 Å². The second-order valence-electron chi connectivity index (χ2n) is 7.06. The van der Waals surface area contributed by atoms with Crippen LogP contribution in [-0.2, 0) is 19.3 Å². The van der Waals surface area contributed by atoms with Crippen molar-refractivity contribution in [3.8, 4) is 11.5 Å². The lowest BCUT2D eigenvalue weighted by atomic mass is 9.90. The number of hydrogen-bond donors (Lipinski definition) is 2. The lowest BCUT2D eigenvalue weighted by Crippen LogP contribution is -1.97. The summed E-state index contributed by atoms with van der Waals surface area (Å²) in [5, 5.41) is 25.2. The molecule has 4 rings (SSSR count). The molecule has 0 aliphatic heterocycles. The normalized spacial score (nSPS) is 11.3. The first-order valence-electron chi connectivity index (χ1n) is 9.59. The van der Waals surface area contributed by atoms with Gasteiger partial charge in [-0.25, -0.2) is 0 Å². The van der Waals surface area contributed by atoms with E-state index in [0.717, 1.165) is 51.9 Å². The van der Waals surface area contributed by atoms with Crippen LogP contribution < -0.4 is 0 Å². The summed E-state index contributed by atoms with van der Waals surface area (Å²) >= 11 is 0. The fourth-order valence-corrected chi connectivity index (χ4v) is 4.03. The minimum atomic E-state index is 0.390. The van der Waals surface area contributed by atoms with E-state index in [4.69, 9.17) is 0 Å². The molecule has 2 N–H and O–H groups in total. The maximum Gasteiger partial charge on any atom is 0.126 e. The summed E-state index contributed by atoms with van der Waals surface area (Å²) in [6.07, 6.45) is 2.35. The number of fused-ring (bicyclic) bond motifs is 2. The molecule has 0 fully saturated rings. The molecule has 0 aliphatic rings. The molecule has 4 aromatic carbocycles. The molecule has 0 bridgehead atoms. The van der Waals surface area contributed by atoms with Crippen LogP contribution in [-0.4, -0.2) is 10.2 Å². The predicted molar refractivity (Wildman–Crippen MR) is 113 cm³/mol. The highest BCUT2D eigenvalue weighted by Crippen LogP contribution is 2.36. The van der Waals surface area contributed by atoms with Crippen molar-refractivity contribution in [2.75, 3.05) is 0 Å². The molecule has 0 saturated carbocycles. The molecule has 2 nitrogen and oxygen atoms in total. The molecule has 0 atom stereocenters. The number of hydrogen-bond acceptors (Lipinski definition) is 2.